The second kappa shape index (κ2) is 9.47. The molecule has 1 fully saturated rings. The average Bonchev–Trinajstić information content (AvgIpc) is 2.70. The molecule has 0 N–H and O–H groups in total. The Kier molecular flexibility index (Phi) is 7.22. The van der Waals surface area contributed by atoms with Gasteiger partial charge < -0.3 is 4.90 Å². The fourth-order valence-electron chi connectivity index (χ4n) is 3.28. The molecular weight excluding hydrogens is 431 g/mol. The highest BCUT2D eigenvalue weighted by Crippen LogP contribution is 2.22. The SMILES string of the molecule is CC1CCN(C(=O)CN(Cc2ccc(Cl)cc2)S(=O)(=O)c2ccc(Cl)cc2)CC1. The molecule has 0 aliphatic carbocycles. The van der Waals surface area contributed by atoms with Gasteiger partial charge in [0.2, 0.25) is 15.9 Å². The first-order valence-corrected chi connectivity index (χ1v) is 11.7. The fourth-order valence-corrected chi connectivity index (χ4v) is 4.91. The lowest BCUT2D eigenvalue weighted by Crippen LogP contribution is -2.45. The lowest BCUT2D eigenvalue weighted by atomic mass is 9.99. The zero-order chi connectivity index (χ0) is 21.0. The van der Waals surface area contributed by atoms with E-state index < -0.39 is 10.0 Å². The van der Waals surface area contributed by atoms with Crippen LogP contribution >= 0.6 is 23.2 Å². The number of amides is 1. The van der Waals surface area contributed by atoms with Crippen molar-refractivity contribution in [3.05, 3.63) is 64.1 Å². The number of hydrogen-bond donors (Lipinski definition) is 0. The Balaban J connectivity index is 1.85. The molecule has 3 rings (SSSR count). The van der Waals surface area contributed by atoms with Crippen molar-refractivity contribution in [2.24, 2.45) is 5.92 Å². The van der Waals surface area contributed by atoms with Gasteiger partial charge >= 0.3 is 0 Å². The number of nitrogens with zero attached hydrogens (tertiary/aromatic N) is 2. The van der Waals surface area contributed by atoms with Crippen molar-refractivity contribution in [2.75, 3.05) is 19.6 Å². The van der Waals surface area contributed by atoms with Gasteiger partial charge in [-0.1, -0.05) is 42.3 Å². The molecule has 0 aromatic heterocycles. The first kappa shape index (κ1) is 22.1. The zero-order valence-corrected chi connectivity index (χ0v) is 18.6. The largest absolute Gasteiger partial charge is 0.342 e. The van der Waals surface area contributed by atoms with Gasteiger partial charge in [0, 0.05) is 29.7 Å². The summed E-state index contributed by atoms with van der Waals surface area (Å²) in [6, 6.07) is 12.9. The minimum absolute atomic E-state index is 0.0815. The Morgan fingerprint density at radius 2 is 1.52 bits per heavy atom. The second-order valence-electron chi connectivity index (χ2n) is 7.42. The molecule has 5 nitrogen and oxygen atoms in total. The van der Waals surface area contributed by atoms with Gasteiger partial charge in [-0.25, -0.2) is 8.42 Å². The summed E-state index contributed by atoms with van der Waals surface area (Å²) < 4.78 is 27.8. The summed E-state index contributed by atoms with van der Waals surface area (Å²) in [5.41, 5.74) is 0.756. The number of rotatable bonds is 6. The van der Waals surface area contributed by atoms with Crippen molar-refractivity contribution in [3.63, 3.8) is 0 Å². The minimum atomic E-state index is -3.88. The van der Waals surface area contributed by atoms with E-state index in [4.69, 9.17) is 23.2 Å². The van der Waals surface area contributed by atoms with Crippen LogP contribution in [0.25, 0.3) is 0 Å². The summed E-state index contributed by atoms with van der Waals surface area (Å²) in [4.78, 5) is 14.7. The standard InChI is InChI=1S/C21H24Cl2N2O3S/c1-16-10-12-24(13-11-16)21(26)15-25(14-17-2-4-18(22)5-3-17)29(27,28)20-8-6-19(23)7-9-20/h2-9,16H,10-15H2,1H3. The molecule has 0 unspecified atom stereocenters. The van der Waals surface area contributed by atoms with E-state index in [-0.39, 0.29) is 23.9 Å². The van der Waals surface area contributed by atoms with Crippen molar-refractivity contribution >= 4 is 39.1 Å². The molecule has 0 bridgehead atoms. The first-order valence-electron chi connectivity index (χ1n) is 9.53. The van der Waals surface area contributed by atoms with Crippen LogP contribution in [0.3, 0.4) is 0 Å². The lowest BCUT2D eigenvalue weighted by molar-refractivity contribution is -0.132. The highest BCUT2D eigenvalue weighted by molar-refractivity contribution is 7.89. The van der Waals surface area contributed by atoms with Gasteiger partial charge in [0.15, 0.2) is 0 Å². The normalized spacial score (nSPS) is 15.7. The summed E-state index contributed by atoms with van der Waals surface area (Å²) in [5.74, 6) is 0.408. The Morgan fingerprint density at radius 3 is 2.07 bits per heavy atom. The van der Waals surface area contributed by atoms with Gasteiger partial charge in [-0.05, 0) is 60.7 Å². The third-order valence-corrected chi connectivity index (χ3v) is 7.48. The number of piperidine rings is 1. The molecule has 8 heteroatoms. The Hall–Kier alpha value is -1.60. The highest BCUT2D eigenvalue weighted by Gasteiger charge is 2.29. The summed E-state index contributed by atoms with van der Waals surface area (Å²) in [5, 5.41) is 1.02. The molecule has 0 atom stereocenters. The highest BCUT2D eigenvalue weighted by atomic mass is 35.5. The van der Waals surface area contributed by atoms with Crippen LogP contribution in [0.5, 0.6) is 0 Å². The summed E-state index contributed by atoms with van der Waals surface area (Å²) in [7, 11) is -3.88. The molecule has 29 heavy (non-hydrogen) atoms. The molecule has 1 aliphatic rings. The van der Waals surface area contributed by atoms with Crippen LogP contribution in [0.2, 0.25) is 10.0 Å². The second-order valence-corrected chi connectivity index (χ2v) is 10.2. The molecule has 1 heterocycles. The van der Waals surface area contributed by atoms with E-state index >= 15 is 0 Å². The maximum atomic E-state index is 13.3. The molecule has 2 aromatic rings. The number of carbonyl (C=O) groups excluding carboxylic acids is 1. The van der Waals surface area contributed by atoms with Gasteiger partial charge in [-0.15, -0.1) is 0 Å². The van der Waals surface area contributed by atoms with Crippen LogP contribution in [-0.2, 0) is 21.4 Å². The van der Waals surface area contributed by atoms with Gasteiger partial charge in [-0.3, -0.25) is 4.79 Å². The molecule has 0 saturated carbocycles. The van der Waals surface area contributed by atoms with Crippen LogP contribution in [0.1, 0.15) is 25.3 Å². The predicted molar refractivity (Wildman–Crippen MR) is 115 cm³/mol. The topological polar surface area (TPSA) is 57.7 Å². The first-order chi connectivity index (χ1) is 13.8. The van der Waals surface area contributed by atoms with Crippen LogP contribution in [0.15, 0.2) is 53.4 Å². The van der Waals surface area contributed by atoms with E-state index in [1.807, 2.05) is 0 Å². The van der Waals surface area contributed by atoms with Gasteiger partial charge in [-0.2, -0.15) is 4.31 Å². The molecule has 156 valence electrons. The van der Waals surface area contributed by atoms with Crippen LogP contribution in [0, 0.1) is 5.92 Å². The van der Waals surface area contributed by atoms with Crippen molar-refractivity contribution in [1.82, 2.24) is 9.21 Å². The number of carbonyl (C=O) groups is 1. The Morgan fingerprint density at radius 1 is 1.00 bits per heavy atom. The zero-order valence-electron chi connectivity index (χ0n) is 16.2. The monoisotopic (exact) mass is 454 g/mol. The number of likely N-dealkylation sites (tertiary alicyclic amines) is 1. The van der Waals surface area contributed by atoms with Crippen LogP contribution < -0.4 is 0 Å². The summed E-state index contributed by atoms with van der Waals surface area (Å²) in [6.45, 7) is 3.37. The molecule has 0 spiro atoms. The number of benzene rings is 2. The molecule has 2 aromatic carbocycles. The third kappa shape index (κ3) is 5.72. The maximum Gasteiger partial charge on any atom is 0.243 e. The van der Waals surface area contributed by atoms with Crippen LogP contribution in [-0.4, -0.2) is 43.2 Å². The van der Waals surface area contributed by atoms with E-state index in [1.165, 1.54) is 28.6 Å². The third-order valence-electron chi connectivity index (χ3n) is 5.17. The average molecular weight is 455 g/mol. The molecule has 0 radical (unpaired) electrons. The summed E-state index contributed by atoms with van der Waals surface area (Å²) >= 11 is 11.8. The smallest absolute Gasteiger partial charge is 0.243 e. The van der Waals surface area contributed by atoms with E-state index in [9.17, 15) is 13.2 Å². The number of sulfonamides is 1. The summed E-state index contributed by atoms with van der Waals surface area (Å²) in [6.07, 6.45) is 1.87. The predicted octanol–water partition coefficient (Wildman–Crippen LogP) is 4.44. The van der Waals surface area contributed by atoms with Crippen molar-refractivity contribution in [2.45, 2.75) is 31.2 Å². The minimum Gasteiger partial charge on any atom is -0.342 e. The number of hydrogen-bond acceptors (Lipinski definition) is 3. The van der Waals surface area contributed by atoms with E-state index in [2.05, 4.69) is 6.92 Å². The van der Waals surface area contributed by atoms with E-state index in [1.54, 1.807) is 29.2 Å². The molecular formula is C21H24Cl2N2O3S. The van der Waals surface area contributed by atoms with Crippen molar-refractivity contribution in [3.8, 4) is 0 Å². The van der Waals surface area contributed by atoms with E-state index in [0.29, 0.717) is 29.1 Å². The molecule has 1 saturated heterocycles. The quantitative estimate of drug-likeness (QED) is 0.647. The lowest BCUT2D eigenvalue weighted by Gasteiger charge is -2.32. The number of halogens is 2. The Labute approximate surface area is 182 Å². The molecule has 1 aliphatic heterocycles. The molecule has 1 amide bonds. The fraction of sp³-hybridized carbons (Fsp3) is 0.381. The van der Waals surface area contributed by atoms with Crippen LogP contribution in [0.4, 0.5) is 0 Å². The van der Waals surface area contributed by atoms with Gasteiger partial charge in [0.05, 0.1) is 11.4 Å². The van der Waals surface area contributed by atoms with Crippen molar-refractivity contribution < 1.29 is 13.2 Å². The van der Waals surface area contributed by atoms with Gasteiger partial charge in [0.1, 0.15) is 0 Å². The van der Waals surface area contributed by atoms with Crippen molar-refractivity contribution in [1.29, 1.82) is 0 Å². The maximum absolute atomic E-state index is 13.3. The Bertz CT molecular complexity index is 939. The van der Waals surface area contributed by atoms with E-state index in [0.717, 1.165) is 18.4 Å². The van der Waals surface area contributed by atoms with Gasteiger partial charge in [0.25, 0.3) is 0 Å².